The van der Waals surface area contributed by atoms with Gasteiger partial charge in [0.1, 0.15) is 11.6 Å². The van der Waals surface area contributed by atoms with Crippen LogP contribution in [0.3, 0.4) is 0 Å². The fourth-order valence-electron chi connectivity index (χ4n) is 4.97. The molecule has 1 saturated heterocycles. The van der Waals surface area contributed by atoms with Gasteiger partial charge in [-0.05, 0) is 56.6 Å². The number of benzene rings is 3. The van der Waals surface area contributed by atoms with Crippen molar-refractivity contribution in [2.24, 2.45) is 5.41 Å². The highest BCUT2D eigenvalue weighted by molar-refractivity contribution is 6.21. The van der Waals surface area contributed by atoms with Gasteiger partial charge >= 0.3 is 0 Å². The van der Waals surface area contributed by atoms with E-state index >= 15 is 0 Å². The number of rotatable bonds is 5. The Labute approximate surface area is 182 Å². The molecule has 32 heavy (non-hydrogen) atoms. The molecular formula is C25H23F2N3O2. The maximum absolute atomic E-state index is 14.2. The average Bonchev–Trinajstić information content (AvgIpc) is 3.26. The summed E-state index contributed by atoms with van der Waals surface area (Å²) in [6.07, 6.45) is 0. The number of nitrogens with one attached hydrogen (secondary N) is 2. The number of aromatic nitrogens is 2. The van der Waals surface area contributed by atoms with Gasteiger partial charge in [-0.25, -0.2) is 8.78 Å². The van der Waals surface area contributed by atoms with E-state index in [0.717, 1.165) is 50.2 Å². The van der Waals surface area contributed by atoms with Crippen LogP contribution in [0.2, 0.25) is 0 Å². The van der Waals surface area contributed by atoms with Crippen molar-refractivity contribution in [2.75, 3.05) is 40.5 Å². The minimum Gasteiger partial charge on any atom is -0.490 e. The van der Waals surface area contributed by atoms with Crippen molar-refractivity contribution in [3.8, 4) is 5.75 Å². The lowest BCUT2D eigenvalue weighted by Crippen LogP contribution is -2.53. The van der Waals surface area contributed by atoms with Crippen LogP contribution in [0.4, 0.5) is 8.78 Å². The zero-order chi connectivity index (χ0) is 22.0. The average molecular weight is 435 g/mol. The molecule has 0 unspecified atom stereocenters. The van der Waals surface area contributed by atoms with Gasteiger partial charge < -0.3 is 24.3 Å². The Morgan fingerprint density at radius 2 is 1.59 bits per heavy atom. The third-order valence-corrected chi connectivity index (χ3v) is 6.32. The Bertz CT molecular complexity index is 1490. The number of halogens is 2. The second kappa shape index (κ2) is 6.92. The summed E-state index contributed by atoms with van der Waals surface area (Å²) in [4.78, 5) is 8.92. The van der Waals surface area contributed by atoms with E-state index in [9.17, 15) is 8.78 Å². The number of hydrogen-bond donors (Lipinski definition) is 2. The first kappa shape index (κ1) is 19.5. The lowest BCUT2D eigenvalue weighted by Gasteiger charge is -2.42. The first-order chi connectivity index (χ1) is 15.4. The molecular weight excluding hydrogens is 412 g/mol. The third-order valence-electron chi connectivity index (χ3n) is 6.32. The first-order valence-electron chi connectivity index (χ1n) is 10.6. The maximum atomic E-state index is 14.2. The Morgan fingerprint density at radius 1 is 0.906 bits per heavy atom. The van der Waals surface area contributed by atoms with Gasteiger partial charge in [0, 0.05) is 33.7 Å². The van der Waals surface area contributed by atoms with Crippen molar-refractivity contribution in [3.05, 3.63) is 54.1 Å². The quantitative estimate of drug-likeness (QED) is 0.399. The Kier molecular flexibility index (Phi) is 4.22. The zero-order valence-corrected chi connectivity index (χ0v) is 17.9. The highest BCUT2D eigenvalue weighted by Crippen LogP contribution is 2.43. The summed E-state index contributed by atoms with van der Waals surface area (Å²) in [6, 6.07) is 11.4. The Balaban J connectivity index is 1.60. The van der Waals surface area contributed by atoms with Crippen LogP contribution in [0.15, 0.2) is 42.5 Å². The van der Waals surface area contributed by atoms with Crippen molar-refractivity contribution in [1.82, 2.24) is 14.9 Å². The van der Waals surface area contributed by atoms with Gasteiger partial charge in [0.05, 0.1) is 41.7 Å². The summed E-state index contributed by atoms with van der Waals surface area (Å²) in [7, 11) is 4.07. The Hall–Kier alpha value is -3.16. The van der Waals surface area contributed by atoms with Gasteiger partial charge in [-0.3, -0.25) is 0 Å². The SMILES string of the molecule is CN(C)CC1(COc2c3[nH]c4ccc(F)cc4c3cc3[nH]c4ccc(F)cc4c23)COC1. The van der Waals surface area contributed by atoms with Crippen molar-refractivity contribution in [3.63, 3.8) is 0 Å². The van der Waals surface area contributed by atoms with Crippen molar-refractivity contribution in [1.29, 1.82) is 0 Å². The lowest BCUT2D eigenvalue weighted by molar-refractivity contribution is -0.139. The number of hydrogen-bond acceptors (Lipinski definition) is 3. The fourth-order valence-corrected chi connectivity index (χ4v) is 4.97. The van der Waals surface area contributed by atoms with Crippen LogP contribution in [0, 0.1) is 17.0 Å². The van der Waals surface area contributed by atoms with Gasteiger partial charge in [0.2, 0.25) is 0 Å². The van der Waals surface area contributed by atoms with Gasteiger partial charge in [-0.2, -0.15) is 0 Å². The molecule has 5 nitrogen and oxygen atoms in total. The minimum atomic E-state index is -0.306. The summed E-state index contributed by atoms with van der Waals surface area (Å²) in [6.45, 7) is 2.56. The van der Waals surface area contributed by atoms with E-state index in [2.05, 4.69) is 14.9 Å². The van der Waals surface area contributed by atoms with Gasteiger partial charge in [-0.15, -0.1) is 0 Å². The molecule has 1 fully saturated rings. The molecule has 0 amide bonds. The van der Waals surface area contributed by atoms with E-state index < -0.39 is 0 Å². The maximum Gasteiger partial charge on any atom is 0.153 e. The van der Waals surface area contributed by atoms with E-state index in [1.807, 2.05) is 20.2 Å². The molecule has 1 aliphatic heterocycles. The number of H-pyrrole nitrogens is 2. The van der Waals surface area contributed by atoms with Gasteiger partial charge in [0.25, 0.3) is 0 Å². The van der Waals surface area contributed by atoms with E-state index in [1.54, 1.807) is 12.1 Å². The summed E-state index contributed by atoms with van der Waals surface area (Å²) in [5.74, 6) is 0.0480. The number of ether oxygens (including phenoxy) is 2. The molecule has 0 aliphatic carbocycles. The first-order valence-corrected chi connectivity index (χ1v) is 10.6. The van der Waals surface area contributed by atoms with E-state index in [4.69, 9.17) is 9.47 Å². The molecule has 164 valence electrons. The summed E-state index contributed by atoms with van der Waals surface area (Å²) in [5, 5.41) is 3.22. The highest BCUT2D eigenvalue weighted by atomic mass is 19.1. The van der Waals surface area contributed by atoms with E-state index in [1.165, 1.54) is 24.3 Å². The third kappa shape index (κ3) is 2.96. The number of aromatic amines is 2. The van der Waals surface area contributed by atoms with Gasteiger partial charge in [0.15, 0.2) is 5.75 Å². The van der Waals surface area contributed by atoms with E-state index in [-0.39, 0.29) is 17.0 Å². The zero-order valence-electron chi connectivity index (χ0n) is 17.9. The molecule has 0 bridgehead atoms. The molecule has 1 aliphatic rings. The van der Waals surface area contributed by atoms with Crippen LogP contribution in [0.25, 0.3) is 43.6 Å². The largest absolute Gasteiger partial charge is 0.490 e. The van der Waals surface area contributed by atoms with Gasteiger partial charge in [-0.1, -0.05) is 0 Å². The summed E-state index contributed by atoms with van der Waals surface area (Å²) < 4.78 is 40.2. The normalized spacial score (nSPS) is 15.9. The van der Waals surface area contributed by atoms with Crippen LogP contribution in [-0.4, -0.2) is 55.3 Å². The molecule has 7 heteroatoms. The standard InChI is InChI=1S/C25H23F2N3O2/c1-30(2)10-25(11-31-12-25)13-32-24-22-18-8-15(27)4-6-20(18)28-21(22)9-17-16-7-14(26)3-5-19(16)29-23(17)24/h3-9,28-29H,10-13H2,1-2H3. The van der Waals surface area contributed by atoms with E-state index in [0.29, 0.717) is 25.6 Å². The van der Waals surface area contributed by atoms with Crippen LogP contribution in [0.5, 0.6) is 5.75 Å². The highest BCUT2D eigenvalue weighted by Gasteiger charge is 2.40. The molecule has 0 radical (unpaired) electrons. The number of nitrogens with zero attached hydrogens (tertiary/aromatic N) is 1. The molecule has 6 rings (SSSR count). The molecule has 0 atom stereocenters. The minimum absolute atomic E-state index is 0.104. The lowest BCUT2D eigenvalue weighted by atomic mass is 9.86. The molecule has 0 saturated carbocycles. The Morgan fingerprint density at radius 3 is 2.25 bits per heavy atom. The van der Waals surface area contributed by atoms with Crippen LogP contribution >= 0.6 is 0 Å². The molecule has 2 aromatic heterocycles. The van der Waals surface area contributed by atoms with Crippen molar-refractivity contribution < 1.29 is 18.3 Å². The number of fused-ring (bicyclic) bond motifs is 6. The topological polar surface area (TPSA) is 53.3 Å². The molecule has 0 spiro atoms. The molecule has 3 heterocycles. The fraction of sp³-hybridized carbons (Fsp3) is 0.280. The monoisotopic (exact) mass is 435 g/mol. The smallest absolute Gasteiger partial charge is 0.153 e. The van der Waals surface area contributed by atoms with Crippen LogP contribution in [0.1, 0.15) is 0 Å². The summed E-state index contributed by atoms with van der Waals surface area (Å²) >= 11 is 0. The predicted octanol–water partition coefficient (Wildman–Crippen LogP) is 5.19. The van der Waals surface area contributed by atoms with Crippen LogP contribution in [-0.2, 0) is 4.74 Å². The molecule has 2 N–H and O–H groups in total. The molecule has 3 aromatic carbocycles. The van der Waals surface area contributed by atoms with Crippen LogP contribution < -0.4 is 4.74 Å². The molecule has 5 aromatic rings. The van der Waals surface area contributed by atoms with Crippen molar-refractivity contribution >= 4 is 43.6 Å². The second-order valence-electron chi connectivity index (χ2n) is 9.20. The predicted molar refractivity (Wildman–Crippen MR) is 122 cm³/mol. The second-order valence-corrected chi connectivity index (χ2v) is 9.20. The van der Waals surface area contributed by atoms with Crippen molar-refractivity contribution in [2.45, 2.75) is 0 Å². The summed E-state index contributed by atoms with van der Waals surface area (Å²) in [5.41, 5.74) is 3.15.